The van der Waals surface area contributed by atoms with Crippen LogP contribution >= 0.6 is 0 Å². The Morgan fingerprint density at radius 3 is 2.25 bits per heavy atom. The smallest absolute Gasteiger partial charge is 0.321 e. The van der Waals surface area contributed by atoms with Gasteiger partial charge in [0.15, 0.2) is 0 Å². The number of aromatic hydroxyl groups is 1. The Morgan fingerprint density at radius 1 is 0.844 bits per heavy atom. The number of benzene rings is 3. The molecule has 0 bridgehead atoms. The van der Waals surface area contributed by atoms with Gasteiger partial charge < -0.3 is 25.5 Å². The van der Waals surface area contributed by atoms with Gasteiger partial charge in [-0.25, -0.2) is 4.79 Å². The first-order valence-corrected chi connectivity index (χ1v) is 10.6. The molecule has 32 heavy (non-hydrogen) atoms. The third kappa shape index (κ3) is 4.83. The second kappa shape index (κ2) is 9.43. The summed E-state index contributed by atoms with van der Waals surface area (Å²) in [4.78, 5) is 29.3. The number of nitrogens with one attached hydrogen (secondary N) is 2. The molecule has 4 rings (SSSR count). The number of carbonyl (C=O) groups is 2. The van der Waals surface area contributed by atoms with Crippen molar-refractivity contribution in [3.8, 4) is 5.75 Å². The van der Waals surface area contributed by atoms with Crippen LogP contribution in [0, 0.1) is 6.92 Å². The molecule has 0 atom stereocenters. The lowest BCUT2D eigenvalue weighted by molar-refractivity contribution is 0.102. The summed E-state index contributed by atoms with van der Waals surface area (Å²) < 4.78 is 0. The Labute approximate surface area is 187 Å². The van der Waals surface area contributed by atoms with Crippen LogP contribution in [-0.2, 0) is 0 Å². The normalized spacial score (nSPS) is 13.5. The first-order chi connectivity index (χ1) is 15.5. The largest absolute Gasteiger partial charge is 0.506 e. The number of phenols is 1. The molecule has 0 aliphatic carbocycles. The molecule has 1 fully saturated rings. The number of anilines is 3. The number of hydrogen-bond acceptors (Lipinski definition) is 4. The monoisotopic (exact) mass is 430 g/mol. The molecule has 164 valence electrons. The number of rotatable bonds is 4. The summed E-state index contributed by atoms with van der Waals surface area (Å²) >= 11 is 0. The van der Waals surface area contributed by atoms with Crippen molar-refractivity contribution in [2.24, 2.45) is 0 Å². The van der Waals surface area contributed by atoms with Gasteiger partial charge in [0.2, 0.25) is 0 Å². The van der Waals surface area contributed by atoms with Crippen molar-refractivity contribution in [1.29, 1.82) is 0 Å². The van der Waals surface area contributed by atoms with Gasteiger partial charge in [-0.05, 0) is 48.9 Å². The second-order valence-corrected chi connectivity index (χ2v) is 7.74. The van der Waals surface area contributed by atoms with Gasteiger partial charge in [-0.2, -0.15) is 0 Å². The highest BCUT2D eigenvalue weighted by molar-refractivity contribution is 6.05. The van der Waals surface area contributed by atoms with E-state index in [0.29, 0.717) is 43.1 Å². The molecule has 1 aliphatic rings. The Balaban J connectivity index is 1.38. The van der Waals surface area contributed by atoms with Crippen LogP contribution in [-0.4, -0.2) is 48.1 Å². The SMILES string of the molecule is Cc1ccc(C(=O)Nc2ccccc2)cc1NC(=O)N1CCN(c2ccccc2O)CC1. The van der Waals surface area contributed by atoms with Crippen molar-refractivity contribution in [3.05, 3.63) is 83.9 Å². The van der Waals surface area contributed by atoms with Crippen molar-refractivity contribution >= 4 is 29.0 Å². The van der Waals surface area contributed by atoms with Gasteiger partial charge in [0, 0.05) is 43.1 Å². The quantitative estimate of drug-likeness (QED) is 0.576. The number of urea groups is 1. The second-order valence-electron chi connectivity index (χ2n) is 7.74. The van der Waals surface area contributed by atoms with Crippen molar-refractivity contribution in [1.82, 2.24) is 4.90 Å². The lowest BCUT2D eigenvalue weighted by Gasteiger charge is -2.36. The lowest BCUT2D eigenvalue weighted by Crippen LogP contribution is -2.50. The minimum Gasteiger partial charge on any atom is -0.506 e. The van der Waals surface area contributed by atoms with Crippen molar-refractivity contribution in [2.45, 2.75) is 6.92 Å². The number of carbonyl (C=O) groups excluding carboxylic acids is 2. The van der Waals surface area contributed by atoms with E-state index in [9.17, 15) is 14.7 Å². The van der Waals surface area contributed by atoms with E-state index in [1.165, 1.54) is 0 Å². The minimum absolute atomic E-state index is 0.203. The molecule has 3 amide bonds. The zero-order valence-corrected chi connectivity index (χ0v) is 17.9. The van der Waals surface area contributed by atoms with E-state index in [4.69, 9.17) is 0 Å². The zero-order valence-electron chi connectivity index (χ0n) is 17.9. The first kappa shape index (κ1) is 21.2. The summed E-state index contributed by atoms with van der Waals surface area (Å²) in [5, 5.41) is 15.9. The van der Waals surface area contributed by atoms with Crippen LogP contribution in [0.2, 0.25) is 0 Å². The topological polar surface area (TPSA) is 84.9 Å². The van der Waals surface area contributed by atoms with E-state index in [0.717, 1.165) is 11.3 Å². The minimum atomic E-state index is -0.233. The standard InChI is InChI=1S/C25H26N4O3/c1-18-11-12-19(24(31)26-20-7-3-2-4-8-20)17-21(18)27-25(32)29-15-13-28(14-16-29)22-9-5-6-10-23(22)30/h2-12,17,30H,13-16H2,1H3,(H,26,31)(H,27,32). The van der Waals surface area contributed by atoms with Crippen LogP contribution in [0.1, 0.15) is 15.9 Å². The molecule has 7 heteroatoms. The van der Waals surface area contributed by atoms with Crippen LogP contribution in [0.3, 0.4) is 0 Å². The van der Waals surface area contributed by atoms with E-state index in [1.54, 1.807) is 29.2 Å². The molecule has 0 aromatic heterocycles. The maximum Gasteiger partial charge on any atom is 0.321 e. The average molecular weight is 431 g/mol. The van der Waals surface area contributed by atoms with Crippen LogP contribution in [0.25, 0.3) is 0 Å². The van der Waals surface area contributed by atoms with Gasteiger partial charge in [0.1, 0.15) is 5.75 Å². The highest BCUT2D eigenvalue weighted by Gasteiger charge is 2.23. The molecule has 0 radical (unpaired) electrons. The molecule has 1 aliphatic heterocycles. The Kier molecular flexibility index (Phi) is 6.26. The van der Waals surface area contributed by atoms with Gasteiger partial charge in [-0.1, -0.05) is 36.4 Å². The lowest BCUT2D eigenvalue weighted by atomic mass is 10.1. The van der Waals surface area contributed by atoms with E-state index in [2.05, 4.69) is 15.5 Å². The van der Waals surface area contributed by atoms with Gasteiger partial charge in [-0.15, -0.1) is 0 Å². The number of nitrogens with zero attached hydrogens (tertiary/aromatic N) is 2. The third-order valence-corrected chi connectivity index (χ3v) is 5.56. The van der Waals surface area contributed by atoms with Crippen LogP contribution in [0.5, 0.6) is 5.75 Å². The van der Waals surface area contributed by atoms with E-state index >= 15 is 0 Å². The maximum absolute atomic E-state index is 12.8. The molecule has 1 heterocycles. The first-order valence-electron chi connectivity index (χ1n) is 10.6. The maximum atomic E-state index is 12.8. The van der Waals surface area contributed by atoms with Crippen molar-refractivity contribution in [2.75, 3.05) is 41.7 Å². The number of piperazine rings is 1. The molecular weight excluding hydrogens is 404 g/mol. The van der Waals surface area contributed by atoms with Gasteiger partial charge >= 0.3 is 6.03 Å². The van der Waals surface area contributed by atoms with Crippen LogP contribution in [0.4, 0.5) is 21.9 Å². The summed E-state index contributed by atoms with van der Waals surface area (Å²) in [6, 6.07) is 21.5. The van der Waals surface area contributed by atoms with E-state index in [-0.39, 0.29) is 17.7 Å². The molecule has 3 aromatic carbocycles. The molecule has 3 aromatic rings. The molecule has 7 nitrogen and oxygen atoms in total. The van der Waals surface area contributed by atoms with Gasteiger partial charge in [-0.3, -0.25) is 4.79 Å². The van der Waals surface area contributed by atoms with Crippen LogP contribution in [0.15, 0.2) is 72.8 Å². The van der Waals surface area contributed by atoms with Gasteiger partial charge in [0.05, 0.1) is 5.69 Å². The Hall–Kier alpha value is -4.00. The fraction of sp³-hybridized carbons (Fsp3) is 0.200. The number of phenolic OH excluding ortho intramolecular Hbond substituents is 1. The molecular formula is C25H26N4O3. The molecule has 0 spiro atoms. The predicted molar refractivity (Wildman–Crippen MR) is 126 cm³/mol. The molecule has 3 N–H and O–H groups in total. The fourth-order valence-electron chi connectivity index (χ4n) is 3.70. The van der Waals surface area contributed by atoms with Crippen molar-refractivity contribution in [3.63, 3.8) is 0 Å². The number of hydrogen-bond donors (Lipinski definition) is 3. The zero-order chi connectivity index (χ0) is 22.5. The van der Waals surface area contributed by atoms with E-state index in [1.807, 2.05) is 55.5 Å². The van der Waals surface area contributed by atoms with Gasteiger partial charge in [0.25, 0.3) is 5.91 Å². The highest BCUT2D eigenvalue weighted by atomic mass is 16.3. The molecule has 1 saturated heterocycles. The third-order valence-electron chi connectivity index (χ3n) is 5.56. The summed E-state index contributed by atoms with van der Waals surface area (Å²) in [5.41, 5.74) is 3.45. The number of amides is 3. The fourth-order valence-corrected chi connectivity index (χ4v) is 3.70. The predicted octanol–water partition coefficient (Wildman–Crippen LogP) is 4.31. The number of aryl methyl sites for hydroxylation is 1. The number of para-hydroxylation sites is 3. The Morgan fingerprint density at radius 2 is 1.53 bits per heavy atom. The summed E-state index contributed by atoms with van der Waals surface area (Å²) in [6.45, 7) is 4.22. The summed E-state index contributed by atoms with van der Waals surface area (Å²) in [5.74, 6) is 0.00889. The van der Waals surface area contributed by atoms with Crippen molar-refractivity contribution < 1.29 is 14.7 Å². The Bertz CT molecular complexity index is 1110. The average Bonchev–Trinajstić information content (AvgIpc) is 2.81. The summed E-state index contributed by atoms with van der Waals surface area (Å²) in [7, 11) is 0. The molecule has 0 unspecified atom stereocenters. The van der Waals surface area contributed by atoms with E-state index < -0.39 is 0 Å². The van der Waals surface area contributed by atoms with Crippen LogP contribution < -0.4 is 15.5 Å². The summed E-state index contributed by atoms with van der Waals surface area (Å²) in [6.07, 6.45) is 0. The molecule has 0 saturated carbocycles. The highest BCUT2D eigenvalue weighted by Crippen LogP contribution is 2.27.